The summed E-state index contributed by atoms with van der Waals surface area (Å²) in [5.74, 6) is 0.490. The monoisotopic (exact) mass is 370 g/mol. The highest BCUT2D eigenvalue weighted by Crippen LogP contribution is 2.66. The molecule has 0 radical (unpaired) electrons. The van der Waals surface area contributed by atoms with Crippen LogP contribution in [-0.4, -0.2) is 16.5 Å². The van der Waals surface area contributed by atoms with Gasteiger partial charge in [0.05, 0.1) is 0 Å². The van der Waals surface area contributed by atoms with Crippen molar-refractivity contribution < 1.29 is 19.4 Å². The van der Waals surface area contributed by atoms with E-state index in [2.05, 4.69) is 34.6 Å². The Bertz CT molecular complexity index is 938. The Kier molecular flexibility index (Phi) is 3.76. The molecule has 27 heavy (non-hydrogen) atoms. The van der Waals surface area contributed by atoms with Crippen LogP contribution in [-0.2, 0) is 5.41 Å². The zero-order valence-electron chi connectivity index (χ0n) is 17.0. The van der Waals surface area contributed by atoms with Gasteiger partial charge in [0, 0.05) is 22.3 Å². The van der Waals surface area contributed by atoms with Gasteiger partial charge < -0.3 is 14.6 Å². The third-order valence-electron chi connectivity index (χ3n) is 8.38. The Labute approximate surface area is 160 Å². The minimum Gasteiger partial charge on any atom is -0.504 e. The highest BCUT2D eigenvalue weighted by atomic mass is 16.3. The fraction of sp³-hybridized carbons (Fsp3) is 0.609. The maximum absolute atomic E-state index is 11.7. The van der Waals surface area contributed by atoms with Crippen molar-refractivity contribution in [3.63, 3.8) is 0 Å². The number of hydrogen-bond acceptors (Lipinski definition) is 4. The third kappa shape index (κ3) is 2.13. The van der Waals surface area contributed by atoms with Crippen molar-refractivity contribution in [2.75, 3.05) is 0 Å². The van der Waals surface area contributed by atoms with Gasteiger partial charge >= 0.3 is 0 Å². The summed E-state index contributed by atoms with van der Waals surface area (Å²) < 4.78 is 6.27. The molecule has 4 rings (SSSR count). The lowest BCUT2D eigenvalue weighted by Gasteiger charge is -2.59. The van der Waals surface area contributed by atoms with Gasteiger partial charge in [0.2, 0.25) is 0 Å². The highest BCUT2D eigenvalue weighted by Gasteiger charge is 2.59. The predicted octanol–water partition coefficient (Wildman–Crippen LogP) is 6.03. The average Bonchev–Trinajstić information content (AvgIpc) is 2.94. The van der Waals surface area contributed by atoms with E-state index >= 15 is 0 Å². The standard InChI is InChI=1S/C23H30O4/c1-13-7-10-23(5)21(2,3)8-6-9-22(23,4)17-14-11-16(25)18(26)15(12-24)20(14)27-19(13)17/h11-13,25-26H,6-10H2,1-5H3/t13-,22-,23+/m1/s1. The molecule has 1 aromatic heterocycles. The predicted molar refractivity (Wildman–Crippen MR) is 106 cm³/mol. The van der Waals surface area contributed by atoms with Crippen LogP contribution in [0.25, 0.3) is 11.0 Å². The second kappa shape index (κ2) is 5.52. The molecule has 0 spiro atoms. The molecule has 1 heterocycles. The zero-order chi connectivity index (χ0) is 19.8. The molecule has 4 nitrogen and oxygen atoms in total. The van der Waals surface area contributed by atoms with Gasteiger partial charge in [-0.05, 0) is 42.6 Å². The Balaban J connectivity index is 2.13. The summed E-state index contributed by atoms with van der Waals surface area (Å²) in [6, 6.07) is 1.59. The number of aromatic hydroxyl groups is 2. The van der Waals surface area contributed by atoms with Gasteiger partial charge in [-0.2, -0.15) is 0 Å². The van der Waals surface area contributed by atoms with Crippen molar-refractivity contribution in [2.45, 2.75) is 78.1 Å². The molecule has 2 N–H and O–H groups in total. The van der Waals surface area contributed by atoms with E-state index in [1.165, 1.54) is 6.42 Å². The van der Waals surface area contributed by atoms with Crippen molar-refractivity contribution in [2.24, 2.45) is 10.8 Å². The summed E-state index contributed by atoms with van der Waals surface area (Å²) in [5, 5.41) is 21.2. The quantitative estimate of drug-likeness (QED) is 0.475. The van der Waals surface area contributed by atoms with Crippen molar-refractivity contribution in [1.29, 1.82) is 0 Å². The van der Waals surface area contributed by atoms with E-state index in [0.29, 0.717) is 11.9 Å². The summed E-state index contributed by atoms with van der Waals surface area (Å²) in [5.41, 5.74) is 1.72. The molecule has 0 saturated heterocycles. The van der Waals surface area contributed by atoms with E-state index in [9.17, 15) is 15.0 Å². The van der Waals surface area contributed by atoms with E-state index in [0.717, 1.165) is 42.4 Å². The fourth-order valence-corrected chi connectivity index (χ4v) is 6.11. The first kappa shape index (κ1) is 18.4. The maximum atomic E-state index is 11.7. The topological polar surface area (TPSA) is 70.7 Å². The minimum atomic E-state index is -0.397. The van der Waals surface area contributed by atoms with Gasteiger partial charge in [0.15, 0.2) is 17.8 Å². The normalized spacial score (nSPS) is 32.6. The van der Waals surface area contributed by atoms with E-state index < -0.39 is 5.75 Å². The SMILES string of the molecule is C[C@@H]1CC[C@@]2(C)C(C)(C)CCC[C@]2(C)c2c1oc1c(C=O)c(O)c(O)cc21. The summed E-state index contributed by atoms with van der Waals surface area (Å²) in [6.45, 7) is 11.7. The molecule has 1 aromatic carbocycles. The Morgan fingerprint density at radius 3 is 2.52 bits per heavy atom. The molecule has 0 bridgehead atoms. The molecule has 2 aromatic rings. The van der Waals surface area contributed by atoms with Crippen LogP contribution < -0.4 is 0 Å². The van der Waals surface area contributed by atoms with E-state index in [4.69, 9.17) is 4.42 Å². The lowest BCUT2D eigenvalue weighted by atomic mass is 9.45. The molecule has 146 valence electrons. The molecule has 3 atom stereocenters. The van der Waals surface area contributed by atoms with Crippen molar-refractivity contribution in [1.82, 2.24) is 0 Å². The number of hydrogen-bond donors (Lipinski definition) is 2. The lowest BCUT2D eigenvalue weighted by molar-refractivity contribution is -0.0482. The lowest BCUT2D eigenvalue weighted by Crippen LogP contribution is -2.53. The van der Waals surface area contributed by atoms with Gasteiger partial charge in [-0.25, -0.2) is 0 Å². The van der Waals surface area contributed by atoms with E-state index in [-0.39, 0.29) is 33.5 Å². The molecule has 0 aliphatic heterocycles. The first-order valence-electron chi connectivity index (χ1n) is 10.0. The molecule has 2 aliphatic carbocycles. The second-order valence-electron chi connectivity index (χ2n) is 9.84. The van der Waals surface area contributed by atoms with Gasteiger partial charge in [-0.1, -0.05) is 41.0 Å². The third-order valence-corrected chi connectivity index (χ3v) is 8.38. The molecule has 4 heteroatoms. The van der Waals surface area contributed by atoms with Gasteiger partial charge in [0.25, 0.3) is 0 Å². The molecule has 1 fully saturated rings. The molecule has 0 amide bonds. The van der Waals surface area contributed by atoms with Gasteiger partial charge in [-0.3, -0.25) is 4.79 Å². The molecular weight excluding hydrogens is 340 g/mol. The van der Waals surface area contributed by atoms with Crippen LogP contribution in [0.15, 0.2) is 10.5 Å². The highest BCUT2D eigenvalue weighted by molar-refractivity contribution is 6.01. The van der Waals surface area contributed by atoms with Crippen LogP contribution in [0.1, 0.15) is 94.3 Å². The number of phenols is 2. The minimum absolute atomic E-state index is 0.0469. The zero-order valence-corrected chi connectivity index (χ0v) is 17.0. The van der Waals surface area contributed by atoms with Crippen LogP contribution in [0.5, 0.6) is 11.5 Å². The van der Waals surface area contributed by atoms with Gasteiger partial charge in [0.1, 0.15) is 16.9 Å². The molecule has 1 saturated carbocycles. The Morgan fingerprint density at radius 1 is 1.15 bits per heavy atom. The molecular formula is C23H30O4. The van der Waals surface area contributed by atoms with E-state index in [1.54, 1.807) is 6.07 Å². The van der Waals surface area contributed by atoms with E-state index in [1.807, 2.05) is 0 Å². The average molecular weight is 370 g/mol. The van der Waals surface area contributed by atoms with Crippen LogP contribution >= 0.6 is 0 Å². The van der Waals surface area contributed by atoms with Crippen molar-refractivity contribution in [3.8, 4) is 11.5 Å². The largest absolute Gasteiger partial charge is 0.504 e. The summed E-state index contributed by atoms with van der Waals surface area (Å²) >= 11 is 0. The fourth-order valence-electron chi connectivity index (χ4n) is 6.11. The van der Waals surface area contributed by atoms with Crippen LogP contribution in [0.3, 0.4) is 0 Å². The number of rotatable bonds is 1. The number of fused-ring (bicyclic) bond motifs is 5. The Hall–Kier alpha value is -1.97. The first-order valence-corrected chi connectivity index (χ1v) is 10.0. The smallest absolute Gasteiger partial charge is 0.172 e. The van der Waals surface area contributed by atoms with Crippen molar-refractivity contribution in [3.05, 3.63) is 23.0 Å². The number of benzene rings is 1. The van der Waals surface area contributed by atoms with Crippen LogP contribution in [0.2, 0.25) is 0 Å². The number of carbonyl (C=O) groups is 1. The number of carbonyl (C=O) groups excluding carboxylic acids is 1. The number of furan rings is 1. The summed E-state index contributed by atoms with van der Waals surface area (Å²) in [6.07, 6.45) is 6.12. The summed E-state index contributed by atoms with van der Waals surface area (Å²) in [7, 11) is 0. The van der Waals surface area contributed by atoms with Crippen molar-refractivity contribution >= 4 is 17.3 Å². The van der Waals surface area contributed by atoms with Gasteiger partial charge in [-0.15, -0.1) is 0 Å². The van der Waals surface area contributed by atoms with Crippen LogP contribution in [0, 0.1) is 10.8 Å². The van der Waals surface area contributed by atoms with Crippen LogP contribution in [0.4, 0.5) is 0 Å². The Morgan fingerprint density at radius 2 is 1.85 bits per heavy atom. The number of phenolic OH excluding ortho intramolecular Hbond substituents is 2. The number of aldehydes is 1. The maximum Gasteiger partial charge on any atom is 0.172 e. The molecule has 2 aliphatic rings. The first-order chi connectivity index (χ1) is 12.6. The second-order valence-corrected chi connectivity index (χ2v) is 9.84. The molecule has 0 unspecified atom stereocenters. The summed E-state index contributed by atoms with van der Waals surface area (Å²) in [4.78, 5) is 11.7.